The number of rotatable bonds is 3. The van der Waals surface area contributed by atoms with Crippen LogP contribution in [0.25, 0.3) is 17.0 Å². The number of amides is 1. The van der Waals surface area contributed by atoms with E-state index in [0.29, 0.717) is 6.54 Å². The van der Waals surface area contributed by atoms with Gasteiger partial charge in [-0.05, 0) is 54.3 Å². The monoisotopic (exact) mass is 436 g/mol. The van der Waals surface area contributed by atoms with E-state index in [-0.39, 0.29) is 18.7 Å². The van der Waals surface area contributed by atoms with Crippen molar-refractivity contribution in [3.05, 3.63) is 101 Å². The summed E-state index contributed by atoms with van der Waals surface area (Å²) >= 11 is 0. The molecule has 1 N–H and O–H groups in total. The molecule has 0 saturated heterocycles. The number of hydrogen-bond donors (Lipinski definition) is 1. The fourth-order valence-corrected chi connectivity index (χ4v) is 4.85. The van der Waals surface area contributed by atoms with Gasteiger partial charge in [0, 0.05) is 29.2 Å². The quantitative estimate of drug-likeness (QED) is 0.438. The largest absolute Gasteiger partial charge is 0.454 e. The van der Waals surface area contributed by atoms with Crippen LogP contribution in [0.15, 0.2) is 72.8 Å². The van der Waals surface area contributed by atoms with E-state index in [4.69, 9.17) is 9.47 Å². The Labute approximate surface area is 192 Å². The minimum atomic E-state index is -0.231. The van der Waals surface area contributed by atoms with E-state index in [1.54, 1.807) is 6.08 Å². The molecule has 4 aromatic rings. The van der Waals surface area contributed by atoms with Gasteiger partial charge in [-0.25, -0.2) is 0 Å². The average molecular weight is 437 g/mol. The molecule has 3 aromatic carbocycles. The summed E-state index contributed by atoms with van der Waals surface area (Å²) in [5.74, 6) is 1.45. The van der Waals surface area contributed by atoms with E-state index < -0.39 is 0 Å². The minimum absolute atomic E-state index is 0.0115. The fourth-order valence-electron chi connectivity index (χ4n) is 4.85. The van der Waals surface area contributed by atoms with Crippen molar-refractivity contribution in [1.82, 2.24) is 9.88 Å². The molecule has 5 nitrogen and oxygen atoms in total. The van der Waals surface area contributed by atoms with E-state index in [2.05, 4.69) is 42.2 Å². The molecule has 0 spiro atoms. The smallest absolute Gasteiger partial charge is 0.247 e. The standard InChI is InChI=1S/C28H24N2O3/c1-18-6-8-19(9-7-18)10-13-26(31)30-15-14-22-21-4-2-3-5-23(21)29-27(22)28(30)20-11-12-24-25(16-20)33-17-32-24/h2-13,16,28-29H,14-15,17H2,1H3. The first kappa shape index (κ1) is 19.7. The number of aromatic amines is 1. The predicted molar refractivity (Wildman–Crippen MR) is 128 cm³/mol. The number of fused-ring (bicyclic) bond motifs is 4. The molecular weight excluding hydrogens is 412 g/mol. The Kier molecular flexibility index (Phi) is 4.68. The van der Waals surface area contributed by atoms with Crippen LogP contribution in [0.2, 0.25) is 0 Å². The Bertz CT molecular complexity index is 1380. The van der Waals surface area contributed by atoms with Crippen LogP contribution >= 0.6 is 0 Å². The molecule has 0 radical (unpaired) electrons. The SMILES string of the molecule is Cc1ccc(C=CC(=O)N2CCc3c([nH]c4ccccc34)C2c2ccc3c(c2)OCO3)cc1. The van der Waals surface area contributed by atoms with Crippen molar-refractivity contribution in [2.24, 2.45) is 0 Å². The maximum Gasteiger partial charge on any atom is 0.247 e. The third-order valence-corrected chi connectivity index (χ3v) is 6.53. The second-order valence-electron chi connectivity index (χ2n) is 8.60. The van der Waals surface area contributed by atoms with Gasteiger partial charge in [0.05, 0.1) is 6.04 Å². The summed E-state index contributed by atoms with van der Waals surface area (Å²) in [7, 11) is 0. The van der Waals surface area contributed by atoms with Crippen LogP contribution in [-0.2, 0) is 11.2 Å². The maximum atomic E-state index is 13.5. The molecule has 0 bridgehead atoms. The first-order valence-corrected chi connectivity index (χ1v) is 11.2. The van der Waals surface area contributed by atoms with Crippen molar-refractivity contribution < 1.29 is 14.3 Å². The van der Waals surface area contributed by atoms with Crippen molar-refractivity contribution >= 4 is 22.9 Å². The molecule has 0 fully saturated rings. The number of carbonyl (C=O) groups excluding carboxylic acids is 1. The fraction of sp³-hybridized carbons (Fsp3) is 0.179. The van der Waals surface area contributed by atoms with Crippen LogP contribution in [0, 0.1) is 6.92 Å². The van der Waals surface area contributed by atoms with Crippen LogP contribution < -0.4 is 9.47 Å². The minimum Gasteiger partial charge on any atom is -0.454 e. The van der Waals surface area contributed by atoms with Gasteiger partial charge in [-0.3, -0.25) is 4.79 Å². The zero-order chi connectivity index (χ0) is 22.4. The number of aryl methyl sites for hydroxylation is 1. The highest BCUT2D eigenvalue weighted by Gasteiger charge is 2.34. The van der Waals surface area contributed by atoms with E-state index in [9.17, 15) is 4.79 Å². The highest BCUT2D eigenvalue weighted by molar-refractivity contribution is 5.93. The van der Waals surface area contributed by atoms with Gasteiger partial charge in [-0.15, -0.1) is 0 Å². The molecule has 1 atom stereocenters. The zero-order valence-electron chi connectivity index (χ0n) is 18.4. The van der Waals surface area contributed by atoms with Gasteiger partial charge in [0.25, 0.3) is 0 Å². The second-order valence-corrected chi connectivity index (χ2v) is 8.60. The normalized spacial score (nSPS) is 17.0. The number of carbonyl (C=O) groups is 1. The topological polar surface area (TPSA) is 54.6 Å². The summed E-state index contributed by atoms with van der Waals surface area (Å²) in [6, 6.07) is 22.2. The molecule has 164 valence electrons. The number of H-pyrrole nitrogens is 1. The molecule has 5 heteroatoms. The van der Waals surface area contributed by atoms with Gasteiger partial charge in [0.1, 0.15) is 0 Å². The third-order valence-electron chi connectivity index (χ3n) is 6.53. The van der Waals surface area contributed by atoms with Crippen molar-refractivity contribution in [3.8, 4) is 11.5 Å². The summed E-state index contributed by atoms with van der Waals surface area (Å²) in [5.41, 5.74) is 6.65. The molecule has 2 aliphatic heterocycles. The number of para-hydroxylation sites is 1. The van der Waals surface area contributed by atoms with E-state index >= 15 is 0 Å². The molecular formula is C28H24N2O3. The molecule has 2 aliphatic rings. The van der Waals surface area contributed by atoms with Gasteiger partial charge < -0.3 is 19.4 Å². The van der Waals surface area contributed by atoms with E-state index in [0.717, 1.165) is 40.3 Å². The number of ether oxygens (including phenoxy) is 2. The highest BCUT2D eigenvalue weighted by Crippen LogP contribution is 2.42. The summed E-state index contributed by atoms with van der Waals surface area (Å²) < 4.78 is 11.1. The number of aromatic nitrogens is 1. The Hall–Kier alpha value is -3.99. The van der Waals surface area contributed by atoms with Gasteiger partial charge in [0.2, 0.25) is 12.7 Å². The first-order valence-electron chi connectivity index (χ1n) is 11.2. The molecule has 1 unspecified atom stereocenters. The lowest BCUT2D eigenvalue weighted by Gasteiger charge is -2.35. The van der Waals surface area contributed by atoms with Crippen molar-refractivity contribution in [2.75, 3.05) is 13.3 Å². The lowest BCUT2D eigenvalue weighted by molar-refractivity contribution is -0.128. The summed E-state index contributed by atoms with van der Waals surface area (Å²) in [5, 5.41) is 1.22. The van der Waals surface area contributed by atoms with Crippen LogP contribution in [-0.4, -0.2) is 29.1 Å². The lowest BCUT2D eigenvalue weighted by atomic mass is 9.92. The molecule has 3 heterocycles. The second kappa shape index (κ2) is 7.85. The Balaban J connectivity index is 1.42. The third kappa shape index (κ3) is 3.46. The number of nitrogens with zero attached hydrogens (tertiary/aromatic N) is 1. The van der Waals surface area contributed by atoms with Crippen LogP contribution in [0.4, 0.5) is 0 Å². The number of nitrogens with one attached hydrogen (secondary N) is 1. The summed E-state index contributed by atoms with van der Waals surface area (Å²) in [6.45, 7) is 2.92. The Morgan fingerprint density at radius 1 is 1.03 bits per heavy atom. The average Bonchev–Trinajstić information content (AvgIpc) is 3.46. The lowest BCUT2D eigenvalue weighted by Crippen LogP contribution is -2.39. The summed E-state index contributed by atoms with van der Waals surface area (Å²) in [6.07, 6.45) is 4.38. The number of benzene rings is 3. The van der Waals surface area contributed by atoms with Gasteiger partial charge in [0.15, 0.2) is 11.5 Å². The van der Waals surface area contributed by atoms with Crippen molar-refractivity contribution in [3.63, 3.8) is 0 Å². The van der Waals surface area contributed by atoms with E-state index in [1.807, 2.05) is 47.4 Å². The Morgan fingerprint density at radius 3 is 2.73 bits per heavy atom. The molecule has 33 heavy (non-hydrogen) atoms. The van der Waals surface area contributed by atoms with Crippen LogP contribution in [0.5, 0.6) is 11.5 Å². The molecule has 0 saturated carbocycles. The van der Waals surface area contributed by atoms with Crippen molar-refractivity contribution in [2.45, 2.75) is 19.4 Å². The molecule has 0 aliphatic carbocycles. The molecule has 6 rings (SSSR count). The van der Waals surface area contributed by atoms with E-state index in [1.165, 1.54) is 16.5 Å². The zero-order valence-corrected chi connectivity index (χ0v) is 18.4. The van der Waals surface area contributed by atoms with Crippen LogP contribution in [0.1, 0.15) is 34.0 Å². The number of hydrogen-bond acceptors (Lipinski definition) is 3. The van der Waals surface area contributed by atoms with Gasteiger partial charge in [-0.1, -0.05) is 54.1 Å². The predicted octanol–water partition coefficient (Wildman–Crippen LogP) is 5.39. The van der Waals surface area contributed by atoms with Crippen LogP contribution in [0.3, 0.4) is 0 Å². The van der Waals surface area contributed by atoms with Gasteiger partial charge in [-0.2, -0.15) is 0 Å². The van der Waals surface area contributed by atoms with Gasteiger partial charge >= 0.3 is 0 Å². The maximum absolute atomic E-state index is 13.5. The Morgan fingerprint density at radius 2 is 1.85 bits per heavy atom. The molecule has 1 aromatic heterocycles. The first-order chi connectivity index (χ1) is 16.2. The summed E-state index contributed by atoms with van der Waals surface area (Å²) in [4.78, 5) is 19.0. The highest BCUT2D eigenvalue weighted by atomic mass is 16.7. The van der Waals surface area contributed by atoms with Crippen molar-refractivity contribution in [1.29, 1.82) is 0 Å². The molecule has 1 amide bonds.